The van der Waals surface area contributed by atoms with E-state index in [9.17, 15) is 24.9 Å². The first-order valence-corrected chi connectivity index (χ1v) is 13.3. The first kappa shape index (κ1) is 29.3. The summed E-state index contributed by atoms with van der Waals surface area (Å²) in [4.78, 5) is 26.5. The molecule has 0 fully saturated rings. The number of nitrogens with one attached hydrogen (secondary N) is 2. The molecule has 0 saturated carbocycles. The Morgan fingerprint density at radius 2 is 1.74 bits per heavy atom. The molecule has 0 unspecified atom stereocenters. The van der Waals surface area contributed by atoms with Crippen LogP contribution in [-0.2, 0) is 17.8 Å². The molecule has 0 radical (unpaired) electrons. The summed E-state index contributed by atoms with van der Waals surface area (Å²) in [6.45, 7) is 2.44. The monoisotopic (exact) mass is 525 g/mol. The minimum Gasteiger partial charge on any atom is -0.508 e. The molecule has 38 heavy (non-hydrogen) atoms. The van der Waals surface area contributed by atoms with E-state index in [-0.39, 0.29) is 17.9 Å². The van der Waals surface area contributed by atoms with Gasteiger partial charge in [-0.15, -0.1) is 0 Å². The third kappa shape index (κ3) is 9.25. The predicted octanol–water partition coefficient (Wildman–Crippen LogP) is 2.95. The molecular formula is C29H39N3O6. The second kappa shape index (κ2) is 15.9. The summed E-state index contributed by atoms with van der Waals surface area (Å²) in [5.74, 6) is 0.0323. The number of phenols is 1. The third-order valence-corrected chi connectivity index (χ3v) is 6.42. The van der Waals surface area contributed by atoms with E-state index in [0.717, 1.165) is 68.2 Å². The first-order chi connectivity index (χ1) is 18.5. The Hall–Kier alpha value is -3.24. The van der Waals surface area contributed by atoms with Gasteiger partial charge in [0.1, 0.15) is 5.75 Å². The second-order valence-corrected chi connectivity index (χ2v) is 9.38. The van der Waals surface area contributed by atoms with Crippen LogP contribution >= 0.6 is 0 Å². The summed E-state index contributed by atoms with van der Waals surface area (Å²) in [7, 11) is 0. The fourth-order valence-electron chi connectivity index (χ4n) is 4.26. The zero-order chi connectivity index (χ0) is 27.2. The van der Waals surface area contributed by atoms with Crippen LogP contribution in [0, 0.1) is 0 Å². The average molecular weight is 526 g/mol. The standard InChI is InChI=1S/C29H39N3O6/c33-21-24-19-23(11-12-26(24)34)27(35)20-30-14-4-1-2-5-16-38-17-6-3-8-22-9-7-10-25(18-22)32-28(36)13-15-31-29(32)37/h7,9-13,15,18-19,27,30,33-35H,1-6,8,14,16-17,20-21H2,(H,31,37)/t27-/m0/s1. The Morgan fingerprint density at radius 3 is 2.53 bits per heavy atom. The Kier molecular flexibility index (Phi) is 12.3. The van der Waals surface area contributed by atoms with Crippen LogP contribution in [0.3, 0.4) is 0 Å². The van der Waals surface area contributed by atoms with Gasteiger partial charge in [-0.25, -0.2) is 9.36 Å². The molecule has 0 saturated heterocycles. The van der Waals surface area contributed by atoms with Gasteiger partial charge in [0.2, 0.25) is 0 Å². The average Bonchev–Trinajstić information content (AvgIpc) is 2.91. The fourth-order valence-corrected chi connectivity index (χ4v) is 4.26. The number of hydrogen-bond acceptors (Lipinski definition) is 7. The summed E-state index contributed by atoms with van der Waals surface area (Å²) in [5.41, 5.74) is 1.95. The predicted molar refractivity (Wildman–Crippen MR) is 147 cm³/mol. The lowest BCUT2D eigenvalue weighted by Crippen LogP contribution is -2.32. The number of nitrogens with zero attached hydrogens (tertiary/aromatic N) is 1. The number of unbranched alkanes of at least 4 members (excludes halogenated alkanes) is 4. The maximum atomic E-state index is 12.0. The van der Waals surface area contributed by atoms with Crippen molar-refractivity contribution in [3.8, 4) is 11.4 Å². The van der Waals surface area contributed by atoms with Crippen molar-refractivity contribution >= 4 is 0 Å². The van der Waals surface area contributed by atoms with Crippen LogP contribution in [0.15, 0.2) is 64.3 Å². The molecule has 1 atom stereocenters. The number of benzene rings is 2. The molecule has 0 aliphatic rings. The maximum Gasteiger partial charge on any atom is 0.332 e. The molecule has 1 aromatic heterocycles. The molecule has 3 rings (SSSR count). The summed E-state index contributed by atoms with van der Waals surface area (Å²) in [5, 5.41) is 32.4. The highest BCUT2D eigenvalue weighted by molar-refractivity contribution is 5.37. The first-order valence-electron chi connectivity index (χ1n) is 13.3. The van der Waals surface area contributed by atoms with Crippen molar-refractivity contribution in [3.05, 3.63) is 92.3 Å². The van der Waals surface area contributed by atoms with Gasteiger partial charge in [0, 0.05) is 37.6 Å². The van der Waals surface area contributed by atoms with Crippen molar-refractivity contribution in [1.82, 2.24) is 14.9 Å². The lowest BCUT2D eigenvalue weighted by atomic mass is 10.1. The van der Waals surface area contributed by atoms with Crippen LogP contribution < -0.4 is 16.6 Å². The Morgan fingerprint density at radius 1 is 0.947 bits per heavy atom. The molecule has 2 aromatic carbocycles. The van der Waals surface area contributed by atoms with Gasteiger partial charge in [-0.05, 0) is 74.0 Å². The quantitative estimate of drug-likeness (QED) is 0.171. The number of aryl methyl sites for hydroxylation is 1. The van der Waals surface area contributed by atoms with Crippen molar-refractivity contribution in [2.75, 3.05) is 26.3 Å². The van der Waals surface area contributed by atoms with Crippen molar-refractivity contribution in [3.63, 3.8) is 0 Å². The van der Waals surface area contributed by atoms with Gasteiger partial charge in [-0.1, -0.05) is 31.0 Å². The summed E-state index contributed by atoms with van der Waals surface area (Å²) in [6, 6.07) is 13.6. The van der Waals surface area contributed by atoms with Gasteiger partial charge < -0.3 is 30.4 Å². The summed E-state index contributed by atoms with van der Waals surface area (Å²) >= 11 is 0. The lowest BCUT2D eigenvalue weighted by molar-refractivity contribution is 0.126. The number of rotatable bonds is 17. The van der Waals surface area contributed by atoms with Crippen LogP contribution in [0.5, 0.6) is 5.75 Å². The van der Waals surface area contributed by atoms with Gasteiger partial charge in [-0.2, -0.15) is 0 Å². The van der Waals surface area contributed by atoms with E-state index in [1.807, 2.05) is 18.2 Å². The van der Waals surface area contributed by atoms with Crippen molar-refractivity contribution in [2.45, 2.75) is 57.7 Å². The Bertz CT molecular complexity index is 1210. The number of H-pyrrole nitrogens is 1. The summed E-state index contributed by atoms with van der Waals surface area (Å²) < 4.78 is 6.89. The van der Waals surface area contributed by atoms with Crippen LogP contribution in [0.25, 0.3) is 5.69 Å². The van der Waals surface area contributed by atoms with Crippen LogP contribution in [0.1, 0.15) is 61.3 Å². The van der Waals surface area contributed by atoms with E-state index in [0.29, 0.717) is 30.0 Å². The number of aromatic hydroxyl groups is 1. The van der Waals surface area contributed by atoms with Crippen molar-refractivity contribution < 1.29 is 20.1 Å². The van der Waals surface area contributed by atoms with E-state index in [2.05, 4.69) is 10.3 Å². The Balaban J connectivity index is 1.19. The highest BCUT2D eigenvalue weighted by Gasteiger charge is 2.10. The molecule has 1 heterocycles. The van der Waals surface area contributed by atoms with Crippen LogP contribution in [0.4, 0.5) is 0 Å². The van der Waals surface area contributed by atoms with Gasteiger partial charge in [0.15, 0.2) is 0 Å². The molecular weight excluding hydrogens is 486 g/mol. The van der Waals surface area contributed by atoms with Crippen molar-refractivity contribution in [2.24, 2.45) is 0 Å². The smallest absolute Gasteiger partial charge is 0.332 e. The number of hydrogen-bond donors (Lipinski definition) is 5. The molecule has 0 aliphatic heterocycles. The molecule has 0 bridgehead atoms. The van der Waals surface area contributed by atoms with Gasteiger partial charge in [-0.3, -0.25) is 4.79 Å². The largest absolute Gasteiger partial charge is 0.508 e. The highest BCUT2D eigenvalue weighted by Crippen LogP contribution is 2.22. The van der Waals surface area contributed by atoms with E-state index < -0.39 is 11.8 Å². The molecule has 3 aromatic rings. The maximum absolute atomic E-state index is 12.0. The molecule has 0 spiro atoms. The van der Waals surface area contributed by atoms with E-state index in [1.165, 1.54) is 18.3 Å². The normalized spacial score (nSPS) is 12.1. The minimum atomic E-state index is -0.684. The molecule has 5 N–H and O–H groups in total. The second-order valence-electron chi connectivity index (χ2n) is 9.38. The zero-order valence-corrected chi connectivity index (χ0v) is 21.8. The van der Waals surface area contributed by atoms with Crippen LogP contribution in [-0.4, -0.2) is 51.2 Å². The molecule has 9 nitrogen and oxygen atoms in total. The summed E-state index contributed by atoms with van der Waals surface area (Å²) in [6.07, 6.45) is 7.65. The number of aromatic amines is 1. The highest BCUT2D eigenvalue weighted by atomic mass is 16.5. The third-order valence-electron chi connectivity index (χ3n) is 6.42. The number of aliphatic hydroxyl groups is 2. The van der Waals surface area contributed by atoms with Crippen LogP contribution in [0.2, 0.25) is 0 Å². The minimum absolute atomic E-state index is 0.0323. The SMILES string of the molecule is O=c1cc[nH]c(=O)n1-c1cccc(CCCCOCCCCCCNC[C@H](O)c2ccc(O)c(CO)c2)c1. The van der Waals surface area contributed by atoms with Crippen molar-refractivity contribution in [1.29, 1.82) is 0 Å². The molecule has 0 aliphatic carbocycles. The van der Waals surface area contributed by atoms with E-state index in [4.69, 9.17) is 4.74 Å². The van der Waals surface area contributed by atoms with Gasteiger partial charge >= 0.3 is 5.69 Å². The zero-order valence-electron chi connectivity index (χ0n) is 21.8. The molecule has 9 heteroatoms. The van der Waals surface area contributed by atoms with E-state index in [1.54, 1.807) is 18.2 Å². The molecule has 206 valence electrons. The lowest BCUT2D eigenvalue weighted by Gasteiger charge is -2.14. The van der Waals surface area contributed by atoms with Gasteiger partial charge in [0.05, 0.1) is 18.4 Å². The number of aromatic nitrogens is 2. The number of ether oxygens (including phenoxy) is 1. The Labute approximate surface area is 222 Å². The number of aliphatic hydroxyl groups excluding tert-OH is 2. The van der Waals surface area contributed by atoms with E-state index >= 15 is 0 Å². The molecule has 0 amide bonds. The van der Waals surface area contributed by atoms with Gasteiger partial charge in [0.25, 0.3) is 5.56 Å². The fraction of sp³-hybridized carbons (Fsp3) is 0.448. The topological polar surface area (TPSA) is 137 Å².